The highest BCUT2D eigenvalue weighted by molar-refractivity contribution is 6.87. The first kappa shape index (κ1) is 8.76. The van der Waals surface area contributed by atoms with Crippen LogP contribution in [0.3, 0.4) is 0 Å². The summed E-state index contributed by atoms with van der Waals surface area (Å²) >= 11 is 0. The Bertz CT molecular complexity index is 304. The zero-order chi connectivity index (χ0) is 9.31. The molecule has 0 saturated heterocycles. The van der Waals surface area contributed by atoms with Crippen LogP contribution in [0.15, 0.2) is 47.7 Å². The van der Waals surface area contributed by atoms with Gasteiger partial charge in [-0.2, -0.15) is 0 Å². The van der Waals surface area contributed by atoms with Crippen molar-refractivity contribution in [3.05, 3.63) is 47.7 Å². The van der Waals surface area contributed by atoms with Crippen molar-refractivity contribution in [2.45, 2.75) is 25.1 Å². The molecule has 2 rings (SSSR count). The van der Waals surface area contributed by atoms with E-state index in [0.29, 0.717) is 5.54 Å². The predicted molar refractivity (Wildman–Crippen MR) is 61.4 cm³/mol. The highest BCUT2D eigenvalue weighted by Crippen LogP contribution is 2.35. The van der Waals surface area contributed by atoms with Crippen molar-refractivity contribution >= 4 is 8.07 Å². The zero-order valence-corrected chi connectivity index (χ0v) is 9.33. The Balaban J connectivity index is 2.24. The zero-order valence-electron chi connectivity index (χ0n) is 8.33. The van der Waals surface area contributed by atoms with Gasteiger partial charge in [-0.3, -0.25) is 0 Å². The van der Waals surface area contributed by atoms with Gasteiger partial charge in [0.2, 0.25) is 0 Å². The van der Waals surface area contributed by atoms with Crippen LogP contribution in [0.4, 0.5) is 0 Å². The molecule has 0 radical (unpaired) electrons. The Morgan fingerprint density at radius 2 is 1.92 bits per heavy atom. The van der Waals surface area contributed by atoms with E-state index in [1.165, 1.54) is 0 Å². The van der Waals surface area contributed by atoms with Crippen molar-refractivity contribution in [3.63, 3.8) is 0 Å². The molecule has 0 atom stereocenters. The van der Waals surface area contributed by atoms with E-state index >= 15 is 0 Å². The van der Waals surface area contributed by atoms with Crippen molar-refractivity contribution in [1.29, 1.82) is 0 Å². The maximum absolute atomic E-state index is 2.46. The summed E-state index contributed by atoms with van der Waals surface area (Å²) in [6.07, 6.45) is 17.2. The first-order valence-corrected chi connectivity index (χ1v) is 8.01. The summed E-state index contributed by atoms with van der Waals surface area (Å²) in [6.45, 7) is 4.92. The lowest BCUT2D eigenvalue weighted by atomic mass is 10.5. The molecule has 0 fully saturated rings. The number of allylic oxidation sites excluding steroid dienone is 8. The molecule has 0 aromatic carbocycles. The van der Waals surface area contributed by atoms with E-state index in [-0.39, 0.29) is 0 Å². The van der Waals surface area contributed by atoms with Gasteiger partial charge in [-0.25, -0.2) is 0 Å². The van der Waals surface area contributed by atoms with Gasteiger partial charge in [-0.05, 0) is 12.0 Å². The van der Waals surface area contributed by atoms with Crippen molar-refractivity contribution in [3.8, 4) is 0 Å². The van der Waals surface area contributed by atoms with E-state index in [0.717, 1.165) is 6.42 Å². The third-order valence-electron chi connectivity index (χ3n) is 3.10. The Morgan fingerprint density at radius 1 is 1.23 bits per heavy atom. The fourth-order valence-electron chi connectivity index (χ4n) is 2.04. The molecule has 2 aliphatic carbocycles. The average Bonchev–Trinajstić information content (AvgIpc) is 2.78. The van der Waals surface area contributed by atoms with Crippen LogP contribution in [-0.4, -0.2) is 8.07 Å². The van der Waals surface area contributed by atoms with Crippen LogP contribution >= 0.6 is 0 Å². The molecule has 0 amide bonds. The molecule has 0 aromatic heterocycles. The summed E-state index contributed by atoms with van der Waals surface area (Å²) < 4.78 is 0. The predicted octanol–water partition coefficient (Wildman–Crippen LogP) is 3.62. The van der Waals surface area contributed by atoms with Gasteiger partial charge in [0.15, 0.2) is 0 Å². The van der Waals surface area contributed by atoms with Gasteiger partial charge in [0.05, 0.1) is 8.07 Å². The summed E-state index contributed by atoms with van der Waals surface area (Å²) in [7, 11) is -1.24. The van der Waals surface area contributed by atoms with Crippen LogP contribution in [0.2, 0.25) is 18.6 Å². The minimum Gasteiger partial charge on any atom is -0.0815 e. The lowest BCUT2D eigenvalue weighted by molar-refractivity contribution is 1.29. The van der Waals surface area contributed by atoms with E-state index in [1.807, 2.05) is 0 Å². The second-order valence-electron chi connectivity index (χ2n) is 4.31. The van der Waals surface area contributed by atoms with Crippen LogP contribution < -0.4 is 0 Å². The highest BCUT2D eigenvalue weighted by Gasteiger charge is 2.32. The number of rotatable bonds is 2. The summed E-state index contributed by atoms with van der Waals surface area (Å²) in [5.41, 5.74) is 0.710. The molecule has 0 N–H and O–H groups in total. The molecule has 0 aromatic rings. The summed E-state index contributed by atoms with van der Waals surface area (Å²) in [5.74, 6) is 0. The van der Waals surface area contributed by atoms with Gasteiger partial charge in [-0.1, -0.05) is 60.8 Å². The molecule has 0 heterocycles. The molecule has 1 heteroatoms. The third-order valence-corrected chi connectivity index (χ3v) is 7.01. The molecule has 13 heavy (non-hydrogen) atoms. The summed E-state index contributed by atoms with van der Waals surface area (Å²) in [5, 5.41) is 1.62. The normalized spacial score (nSPS) is 21.5. The fraction of sp³-hybridized carbons (Fsp3) is 0.333. The molecule has 0 nitrogen and oxygen atoms in total. The number of hydrogen-bond acceptors (Lipinski definition) is 0. The van der Waals surface area contributed by atoms with Crippen LogP contribution in [0.1, 0.15) is 6.42 Å². The highest BCUT2D eigenvalue weighted by atomic mass is 28.3. The maximum atomic E-state index is 2.46. The minimum atomic E-state index is -1.24. The van der Waals surface area contributed by atoms with Crippen molar-refractivity contribution in [2.24, 2.45) is 0 Å². The monoisotopic (exact) mass is 188 g/mol. The van der Waals surface area contributed by atoms with Crippen molar-refractivity contribution in [1.82, 2.24) is 0 Å². The van der Waals surface area contributed by atoms with Crippen molar-refractivity contribution in [2.75, 3.05) is 0 Å². The fourth-order valence-corrected chi connectivity index (χ4v) is 4.80. The second kappa shape index (κ2) is 3.15. The van der Waals surface area contributed by atoms with E-state index in [1.54, 1.807) is 5.20 Å². The molecular formula is C12H16Si. The Kier molecular flexibility index (Phi) is 2.12. The topological polar surface area (TPSA) is 0 Å². The lowest BCUT2D eigenvalue weighted by Gasteiger charge is -2.27. The van der Waals surface area contributed by atoms with E-state index in [4.69, 9.17) is 0 Å². The van der Waals surface area contributed by atoms with E-state index < -0.39 is 8.07 Å². The molecule has 68 valence electrons. The third kappa shape index (κ3) is 1.48. The van der Waals surface area contributed by atoms with Gasteiger partial charge in [0.1, 0.15) is 0 Å². The Labute approximate surface area is 81.4 Å². The standard InChI is InChI=1S/C12H16Si/c1-13(2,11-7-3-4-8-11)12-9-5-6-10-12/h3-5,7-11H,6H2,1-2H3. The van der Waals surface area contributed by atoms with Gasteiger partial charge in [-0.15, -0.1) is 0 Å². The molecule has 0 spiro atoms. The first-order valence-electron chi connectivity index (χ1n) is 4.93. The first-order chi connectivity index (χ1) is 6.21. The van der Waals surface area contributed by atoms with Crippen LogP contribution in [-0.2, 0) is 0 Å². The number of hydrogen-bond donors (Lipinski definition) is 0. The average molecular weight is 188 g/mol. The van der Waals surface area contributed by atoms with E-state index in [9.17, 15) is 0 Å². The summed E-state index contributed by atoms with van der Waals surface area (Å²) in [4.78, 5) is 0. The van der Waals surface area contributed by atoms with Gasteiger partial charge < -0.3 is 0 Å². The molecule has 0 bridgehead atoms. The quantitative estimate of drug-likeness (QED) is 0.581. The smallest absolute Gasteiger partial charge is 0.0815 e. The lowest BCUT2D eigenvalue weighted by Crippen LogP contribution is -2.32. The maximum Gasteiger partial charge on any atom is 0.0907 e. The SMILES string of the molecule is C[Si](C)(C1=CCC=C1)C1C=CC=C1. The molecule has 0 saturated carbocycles. The van der Waals surface area contributed by atoms with E-state index in [2.05, 4.69) is 55.6 Å². The van der Waals surface area contributed by atoms with Gasteiger partial charge in [0, 0.05) is 0 Å². The van der Waals surface area contributed by atoms with Crippen LogP contribution in [0.5, 0.6) is 0 Å². The molecule has 2 aliphatic rings. The van der Waals surface area contributed by atoms with Crippen LogP contribution in [0.25, 0.3) is 0 Å². The molecule has 0 unspecified atom stereocenters. The van der Waals surface area contributed by atoms with Crippen molar-refractivity contribution < 1.29 is 0 Å². The molecule has 0 aliphatic heterocycles. The Hall–Kier alpha value is -0.823. The Morgan fingerprint density at radius 3 is 2.46 bits per heavy atom. The van der Waals surface area contributed by atoms with Gasteiger partial charge in [0.25, 0.3) is 0 Å². The van der Waals surface area contributed by atoms with Gasteiger partial charge >= 0.3 is 0 Å². The summed E-state index contributed by atoms with van der Waals surface area (Å²) in [6, 6.07) is 0. The van der Waals surface area contributed by atoms with Crippen LogP contribution in [0, 0.1) is 0 Å². The molecular weight excluding hydrogens is 172 g/mol. The second-order valence-corrected chi connectivity index (χ2v) is 9.00. The minimum absolute atomic E-state index is 0.710. The largest absolute Gasteiger partial charge is 0.0907 e.